The molecule has 3 rings (SSSR count). The Labute approximate surface area is 138 Å². The quantitative estimate of drug-likeness (QED) is 0.729. The van der Waals surface area contributed by atoms with E-state index in [4.69, 9.17) is 0 Å². The van der Waals surface area contributed by atoms with E-state index in [9.17, 15) is 14.0 Å². The van der Waals surface area contributed by atoms with Crippen molar-refractivity contribution in [1.29, 1.82) is 0 Å². The summed E-state index contributed by atoms with van der Waals surface area (Å²) in [4.78, 5) is 26.4. The number of halogens is 1. The number of H-pyrrole nitrogens is 1. The molecule has 1 amide bonds. The van der Waals surface area contributed by atoms with Crippen molar-refractivity contribution < 1.29 is 9.18 Å². The average Bonchev–Trinajstić information content (AvgIpc) is 2.88. The third kappa shape index (κ3) is 3.71. The number of aromatic nitrogens is 2. The summed E-state index contributed by atoms with van der Waals surface area (Å²) in [6, 6.07) is 13.9. The smallest absolute Gasteiger partial charge is 0.326 e. The van der Waals surface area contributed by atoms with Crippen LogP contribution in [0.4, 0.5) is 4.39 Å². The van der Waals surface area contributed by atoms with E-state index < -0.39 is 5.82 Å². The molecule has 124 valence electrons. The molecule has 1 aromatic heterocycles. The van der Waals surface area contributed by atoms with Gasteiger partial charge in [-0.25, -0.2) is 9.18 Å². The number of nitrogens with zero attached hydrogens (tertiary/aromatic N) is 1. The van der Waals surface area contributed by atoms with Crippen molar-refractivity contribution in [2.75, 3.05) is 6.54 Å². The Hall–Kier alpha value is -2.89. The number of carbonyl (C=O) groups is 1. The van der Waals surface area contributed by atoms with E-state index in [1.165, 1.54) is 16.7 Å². The highest BCUT2D eigenvalue weighted by atomic mass is 19.1. The van der Waals surface area contributed by atoms with Crippen molar-refractivity contribution in [3.05, 3.63) is 70.4 Å². The van der Waals surface area contributed by atoms with E-state index in [0.29, 0.717) is 37.0 Å². The first-order valence-corrected chi connectivity index (χ1v) is 7.82. The molecule has 0 saturated heterocycles. The summed E-state index contributed by atoms with van der Waals surface area (Å²) in [6.45, 7) is 0.680. The molecule has 0 bridgehead atoms. The Bertz CT molecular complexity index is 900. The van der Waals surface area contributed by atoms with E-state index in [1.54, 1.807) is 6.07 Å². The van der Waals surface area contributed by atoms with Gasteiger partial charge in [0.05, 0.1) is 11.0 Å². The lowest BCUT2D eigenvalue weighted by atomic mass is 10.1. The highest BCUT2D eigenvalue weighted by Crippen LogP contribution is 2.11. The zero-order chi connectivity index (χ0) is 16.9. The maximum absolute atomic E-state index is 13.2. The lowest BCUT2D eigenvalue weighted by molar-refractivity contribution is -0.121. The fraction of sp³-hybridized carbons (Fsp3) is 0.222. The SMILES string of the molecule is O=C(CCc1ccccc1)NCCn1c(=O)[nH]c2cc(F)ccc21. The Kier molecular flexibility index (Phi) is 4.74. The summed E-state index contributed by atoms with van der Waals surface area (Å²) in [5.41, 5.74) is 1.88. The first-order valence-electron chi connectivity index (χ1n) is 7.82. The predicted molar refractivity (Wildman–Crippen MR) is 90.3 cm³/mol. The van der Waals surface area contributed by atoms with Crippen molar-refractivity contribution in [1.82, 2.24) is 14.9 Å². The third-order valence-corrected chi connectivity index (χ3v) is 3.88. The number of fused-ring (bicyclic) bond motifs is 1. The summed E-state index contributed by atoms with van der Waals surface area (Å²) < 4.78 is 14.7. The van der Waals surface area contributed by atoms with Gasteiger partial charge in [0.15, 0.2) is 0 Å². The Balaban J connectivity index is 1.54. The molecule has 0 spiro atoms. The van der Waals surface area contributed by atoms with Gasteiger partial charge in [0, 0.05) is 19.5 Å². The zero-order valence-electron chi connectivity index (χ0n) is 13.1. The molecule has 0 aliphatic heterocycles. The highest BCUT2D eigenvalue weighted by molar-refractivity contribution is 5.76. The summed E-state index contributed by atoms with van der Waals surface area (Å²) in [7, 11) is 0. The lowest BCUT2D eigenvalue weighted by Gasteiger charge is -2.06. The molecule has 0 saturated carbocycles. The molecule has 0 aliphatic carbocycles. The van der Waals surface area contributed by atoms with E-state index >= 15 is 0 Å². The van der Waals surface area contributed by atoms with Crippen molar-refractivity contribution in [3.63, 3.8) is 0 Å². The second-order valence-electron chi connectivity index (χ2n) is 5.58. The first kappa shape index (κ1) is 16.0. The van der Waals surface area contributed by atoms with Gasteiger partial charge in [-0.15, -0.1) is 0 Å². The number of benzene rings is 2. The minimum atomic E-state index is -0.398. The van der Waals surface area contributed by atoms with E-state index in [2.05, 4.69) is 10.3 Å². The molecular formula is C18H18FN3O2. The fourth-order valence-corrected chi connectivity index (χ4v) is 2.66. The van der Waals surface area contributed by atoms with Crippen molar-refractivity contribution in [2.45, 2.75) is 19.4 Å². The van der Waals surface area contributed by atoms with Gasteiger partial charge >= 0.3 is 5.69 Å². The molecule has 0 unspecified atom stereocenters. The van der Waals surface area contributed by atoms with E-state index in [1.807, 2.05) is 30.3 Å². The number of rotatable bonds is 6. The van der Waals surface area contributed by atoms with Crippen LogP contribution in [0.3, 0.4) is 0 Å². The summed E-state index contributed by atoms with van der Waals surface area (Å²) in [6.07, 6.45) is 1.08. The van der Waals surface area contributed by atoms with Gasteiger partial charge in [-0.3, -0.25) is 9.36 Å². The average molecular weight is 327 g/mol. The number of imidazole rings is 1. The number of nitrogens with one attached hydrogen (secondary N) is 2. The molecule has 6 heteroatoms. The lowest BCUT2D eigenvalue weighted by Crippen LogP contribution is -2.30. The number of aryl methyl sites for hydroxylation is 1. The van der Waals surface area contributed by atoms with Gasteiger partial charge in [-0.2, -0.15) is 0 Å². The van der Waals surface area contributed by atoms with Crippen LogP contribution in [0.1, 0.15) is 12.0 Å². The van der Waals surface area contributed by atoms with E-state index in [-0.39, 0.29) is 11.6 Å². The Morgan fingerprint density at radius 3 is 2.75 bits per heavy atom. The second-order valence-corrected chi connectivity index (χ2v) is 5.58. The Morgan fingerprint density at radius 2 is 1.96 bits per heavy atom. The van der Waals surface area contributed by atoms with Crippen molar-refractivity contribution >= 4 is 16.9 Å². The van der Waals surface area contributed by atoms with Crippen LogP contribution in [-0.4, -0.2) is 22.0 Å². The normalized spacial score (nSPS) is 10.9. The summed E-state index contributed by atoms with van der Waals surface area (Å²) >= 11 is 0. The number of hydrogen-bond donors (Lipinski definition) is 2. The van der Waals surface area contributed by atoms with Gasteiger partial charge < -0.3 is 10.3 Å². The molecule has 2 N–H and O–H groups in total. The number of amides is 1. The predicted octanol–water partition coefficient (Wildman–Crippen LogP) is 2.22. The van der Waals surface area contributed by atoms with Gasteiger partial charge in [0.2, 0.25) is 5.91 Å². The van der Waals surface area contributed by atoms with E-state index in [0.717, 1.165) is 5.56 Å². The minimum absolute atomic E-state index is 0.0576. The maximum Gasteiger partial charge on any atom is 0.326 e. The molecule has 3 aromatic rings. The maximum atomic E-state index is 13.2. The molecule has 24 heavy (non-hydrogen) atoms. The molecule has 1 heterocycles. The van der Waals surface area contributed by atoms with Crippen molar-refractivity contribution in [3.8, 4) is 0 Å². The molecule has 0 fully saturated rings. The first-order chi connectivity index (χ1) is 11.6. The largest absolute Gasteiger partial charge is 0.354 e. The second kappa shape index (κ2) is 7.12. The van der Waals surface area contributed by atoms with Crippen LogP contribution < -0.4 is 11.0 Å². The van der Waals surface area contributed by atoms with Crippen LogP contribution >= 0.6 is 0 Å². The molecule has 5 nitrogen and oxygen atoms in total. The van der Waals surface area contributed by atoms with Crippen LogP contribution in [-0.2, 0) is 17.8 Å². The van der Waals surface area contributed by atoms with Crippen LogP contribution in [0.2, 0.25) is 0 Å². The number of carbonyl (C=O) groups excluding carboxylic acids is 1. The van der Waals surface area contributed by atoms with Crippen molar-refractivity contribution in [2.24, 2.45) is 0 Å². The molecule has 2 aromatic carbocycles. The van der Waals surface area contributed by atoms with Gasteiger partial charge in [0.1, 0.15) is 5.82 Å². The third-order valence-electron chi connectivity index (χ3n) is 3.88. The summed E-state index contributed by atoms with van der Waals surface area (Å²) in [5.74, 6) is -0.456. The monoisotopic (exact) mass is 327 g/mol. The van der Waals surface area contributed by atoms with Crippen LogP contribution in [0.15, 0.2) is 53.3 Å². The Morgan fingerprint density at radius 1 is 1.17 bits per heavy atom. The zero-order valence-corrected chi connectivity index (χ0v) is 13.1. The molecular weight excluding hydrogens is 309 g/mol. The highest BCUT2D eigenvalue weighted by Gasteiger charge is 2.08. The van der Waals surface area contributed by atoms with Gasteiger partial charge in [-0.05, 0) is 30.2 Å². The van der Waals surface area contributed by atoms with Gasteiger partial charge in [0.25, 0.3) is 0 Å². The fourth-order valence-electron chi connectivity index (χ4n) is 2.66. The van der Waals surface area contributed by atoms with Crippen LogP contribution in [0, 0.1) is 5.82 Å². The molecule has 0 atom stereocenters. The minimum Gasteiger partial charge on any atom is -0.354 e. The number of hydrogen-bond acceptors (Lipinski definition) is 2. The standard InChI is InChI=1S/C18H18FN3O2/c19-14-7-8-16-15(12-14)21-18(24)22(16)11-10-20-17(23)9-6-13-4-2-1-3-5-13/h1-5,7-8,12H,6,9-11H2,(H,20,23)(H,21,24). The molecule has 0 aliphatic rings. The topological polar surface area (TPSA) is 66.9 Å². The van der Waals surface area contributed by atoms with Crippen LogP contribution in [0.25, 0.3) is 11.0 Å². The van der Waals surface area contributed by atoms with Gasteiger partial charge in [-0.1, -0.05) is 30.3 Å². The molecule has 0 radical (unpaired) electrons. The van der Waals surface area contributed by atoms with Crippen LogP contribution in [0.5, 0.6) is 0 Å². The number of aromatic amines is 1. The summed E-state index contributed by atoms with van der Waals surface area (Å²) in [5, 5.41) is 2.81.